The number of halogens is 1. The Balaban J connectivity index is 1.97. The Morgan fingerprint density at radius 1 is 1.24 bits per heavy atom. The molecule has 1 aromatic carbocycles. The maximum atomic E-state index is 14.3. The molecule has 2 N–H and O–H groups in total. The molecule has 3 rings (SSSR count). The summed E-state index contributed by atoms with van der Waals surface area (Å²) >= 11 is 0. The number of carbonyl (C=O) groups excluding carboxylic acids is 2. The van der Waals surface area contributed by atoms with Crippen LogP contribution in [0.4, 0.5) is 9.18 Å². The van der Waals surface area contributed by atoms with Gasteiger partial charge in [0.1, 0.15) is 11.4 Å². The first-order chi connectivity index (χ1) is 11.9. The molecule has 1 aromatic rings. The van der Waals surface area contributed by atoms with Gasteiger partial charge in [0.15, 0.2) is 0 Å². The van der Waals surface area contributed by atoms with Gasteiger partial charge in [0.05, 0.1) is 0 Å². The lowest BCUT2D eigenvalue weighted by Gasteiger charge is -2.38. The van der Waals surface area contributed by atoms with Crippen LogP contribution in [-0.2, 0) is 11.2 Å². The third-order valence-corrected chi connectivity index (χ3v) is 5.21. The van der Waals surface area contributed by atoms with Gasteiger partial charge in [0.25, 0.3) is 5.91 Å². The first-order valence-corrected chi connectivity index (χ1v) is 9.02. The normalized spacial score (nSPS) is 24.9. The SMILES string of the molecule is CC(C)CN1C(=O)N[C@](Cc2ccccc2F)(C2CCNCC2)C1=O. The van der Waals surface area contributed by atoms with E-state index in [0.717, 1.165) is 25.9 Å². The monoisotopic (exact) mass is 347 g/mol. The second-order valence-corrected chi connectivity index (χ2v) is 7.50. The second kappa shape index (κ2) is 7.12. The lowest BCUT2D eigenvalue weighted by Crippen LogP contribution is -2.57. The lowest BCUT2D eigenvalue weighted by atomic mass is 9.74. The van der Waals surface area contributed by atoms with E-state index in [1.54, 1.807) is 18.2 Å². The van der Waals surface area contributed by atoms with Gasteiger partial charge in [-0.2, -0.15) is 0 Å². The Labute approximate surface area is 148 Å². The zero-order valence-electron chi connectivity index (χ0n) is 14.8. The molecule has 0 bridgehead atoms. The average molecular weight is 347 g/mol. The van der Waals surface area contributed by atoms with Crippen LogP contribution in [0.3, 0.4) is 0 Å². The first kappa shape index (κ1) is 17.9. The highest BCUT2D eigenvalue weighted by molar-refractivity contribution is 6.07. The molecule has 1 atom stereocenters. The molecule has 136 valence electrons. The molecule has 25 heavy (non-hydrogen) atoms. The molecular weight excluding hydrogens is 321 g/mol. The molecular formula is C19H26FN3O2. The van der Waals surface area contributed by atoms with Crippen molar-refractivity contribution in [2.75, 3.05) is 19.6 Å². The minimum Gasteiger partial charge on any atom is -0.322 e. The van der Waals surface area contributed by atoms with Crippen LogP contribution in [0.25, 0.3) is 0 Å². The Hall–Kier alpha value is -1.95. The fourth-order valence-electron chi connectivity index (χ4n) is 3.97. The predicted octanol–water partition coefficient (Wildman–Crippen LogP) is 2.31. The van der Waals surface area contributed by atoms with E-state index >= 15 is 0 Å². The number of imide groups is 1. The van der Waals surface area contributed by atoms with Gasteiger partial charge in [-0.1, -0.05) is 32.0 Å². The van der Waals surface area contributed by atoms with Crippen LogP contribution in [0.5, 0.6) is 0 Å². The van der Waals surface area contributed by atoms with E-state index in [2.05, 4.69) is 10.6 Å². The predicted molar refractivity (Wildman–Crippen MR) is 93.5 cm³/mol. The summed E-state index contributed by atoms with van der Waals surface area (Å²) in [6, 6.07) is 6.15. The standard InChI is InChI=1S/C19H26FN3O2/c1-13(2)12-23-17(24)19(22-18(23)25,15-7-9-21-10-8-15)11-14-5-3-4-6-16(14)20/h3-6,13,15,21H,7-12H2,1-2H3,(H,22,25)/t19-/m1/s1. The number of hydrogen-bond acceptors (Lipinski definition) is 3. The Bertz CT molecular complexity index is 658. The lowest BCUT2D eigenvalue weighted by molar-refractivity contribution is -0.134. The number of rotatable bonds is 5. The minimum absolute atomic E-state index is 0.00182. The van der Waals surface area contributed by atoms with E-state index in [9.17, 15) is 14.0 Å². The summed E-state index contributed by atoms with van der Waals surface area (Å²) in [5.41, 5.74) is -0.572. The third-order valence-electron chi connectivity index (χ3n) is 5.21. The molecule has 0 aliphatic carbocycles. The number of hydrogen-bond donors (Lipinski definition) is 2. The van der Waals surface area contributed by atoms with Crippen molar-refractivity contribution in [3.05, 3.63) is 35.6 Å². The summed E-state index contributed by atoms with van der Waals surface area (Å²) < 4.78 is 14.3. The fraction of sp³-hybridized carbons (Fsp3) is 0.579. The summed E-state index contributed by atoms with van der Waals surface area (Å²) in [6.45, 7) is 5.94. The summed E-state index contributed by atoms with van der Waals surface area (Å²) in [4.78, 5) is 27.1. The van der Waals surface area contributed by atoms with Crippen molar-refractivity contribution >= 4 is 11.9 Å². The first-order valence-electron chi connectivity index (χ1n) is 9.02. The number of urea groups is 1. The van der Waals surface area contributed by atoms with E-state index in [1.807, 2.05) is 13.8 Å². The Morgan fingerprint density at radius 3 is 2.56 bits per heavy atom. The van der Waals surface area contributed by atoms with Crippen LogP contribution in [0.1, 0.15) is 32.3 Å². The van der Waals surface area contributed by atoms with Crippen LogP contribution in [0.15, 0.2) is 24.3 Å². The molecule has 2 saturated heterocycles. The molecule has 2 aliphatic rings. The molecule has 3 amide bonds. The smallest absolute Gasteiger partial charge is 0.322 e. The van der Waals surface area contributed by atoms with E-state index < -0.39 is 5.54 Å². The van der Waals surface area contributed by atoms with Gasteiger partial charge in [-0.15, -0.1) is 0 Å². The van der Waals surface area contributed by atoms with Crippen molar-refractivity contribution in [3.63, 3.8) is 0 Å². The highest BCUT2D eigenvalue weighted by Crippen LogP contribution is 2.36. The molecule has 0 aromatic heterocycles. The van der Waals surface area contributed by atoms with E-state index in [0.29, 0.717) is 12.1 Å². The molecule has 2 fully saturated rings. The summed E-state index contributed by atoms with van der Waals surface area (Å²) in [5, 5.41) is 6.25. The zero-order valence-corrected chi connectivity index (χ0v) is 14.8. The molecule has 5 nitrogen and oxygen atoms in total. The fourth-order valence-corrected chi connectivity index (χ4v) is 3.97. The van der Waals surface area contributed by atoms with Crippen molar-refractivity contribution in [1.82, 2.24) is 15.5 Å². The minimum atomic E-state index is -1.05. The summed E-state index contributed by atoms with van der Waals surface area (Å²) in [6.07, 6.45) is 1.77. The molecule has 6 heteroatoms. The van der Waals surface area contributed by atoms with Crippen molar-refractivity contribution in [1.29, 1.82) is 0 Å². The van der Waals surface area contributed by atoms with Crippen LogP contribution >= 0.6 is 0 Å². The molecule has 0 radical (unpaired) electrons. The average Bonchev–Trinajstić information content (AvgIpc) is 2.83. The molecule has 2 aliphatic heterocycles. The third kappa shape index (κ3) is 3.40. The van der Waals surface area contributed by atoms with Gasteiger partial charge in [-0.05, 0) is 49.4 Å². The topological polar surface area (TPSA) is 61.4 Å². The van der Waals surface area contributed by atoms with Gasteiger partial charge >= 0.3 is 6.03 Å². The van der Waals surface area contributed by atoms with E-state index in [4.69, 9.17) is 0 Å². The highest BCUT2D eigenvalue weighted by Gasteiger charge is 2.55. The van der Waals surface area contributed by atoms with Crippen molar-refractivity contribution in [3.8, 4) is 0 Å². The Morgan fingerprint density at radius 2 is 1.92 bits per heavy atom. The number of nitrogens with one attached hydrogen (secondary N) is 2. The summed E-state index contributed by atoms with van der Waals surface area (Å²) in [5.74, 6) is -0.351. The molecule has 2 heterocycles. The van der Waals surface area contributed by atoms with Gasteiger partial charge in [0, 0.05) is 13.0 Å². The van der Waals surface area contributed by atoms with Gasteiger partial charge in [-0.3, -0.25) is 9.69 Å². The number of benzene rings is 1. The van der Waals surface area contributed by atoms with Gasteiger partial charge in [0.2, 0.25) is 0 Å². The maximum absolute atomic E-state index is 14.3. The van der Waals surface area contributed by atoms with Crippen molar-refractivity contribution in [2.45, 2.75) is 38.6 Å². The Kier molecular flexibility index (Phi) is 5.08. The van der Waals surface area contributed by atoms with Gasteiger partial charge < -0.3 is 10.6 Å². The number of nitrogens with zero attached hydrogens (tertiary/aromatic N) is 1. The number of amides is 3. The van der Waals surface area contributed by atoms with E-state index in [1.165, 1.54) is 11.0 Å². The van der Waals surface area contributed by atoms with Crippen LogP contribution in [0.2, 0.25) is 0 Å². The van der Waals surface area contributed by atoms with Crippen molar-refractivity contribution < 1.29 is 14.0 Å². The van der Waals surface area contributed by atoms with E-state index in [-0.39, 0.29) is 36.0 Å². The van der Waals surface area contributed by atoms with Crippen molar-refractivity contribution in [2.24, 2.45) is 11.8 Å². The van der Waals surface area contributed by atoms with Crippen LogP contribution in [0, 0.1) is 17.7 Å². The second-order valence-electron chi connectivity index (χ2n) is 7.50. The van der Waals surface area contributed by atoms with Crippen LogP contribution < -0.4 is 10.6 Å². The zero-order chi connectivity index (χ0) is 18.0. The number of carbonyl (C=O) groups is 2. The quantitative estimate of drug-likeness (QED) is 0.804. The van der Waals surface area contributed by atoms with Crippen LogP contribution in [-0.4, -0.2) is 42.0 Å². The largest absolute Gasteiger partial charge is 0.325 e. The molecule has 0 unspecified atom stereocenters. The maximum Gasteiger partial charge on any atom is 0.325 e. The van der Waals surface area contributed by atoms with Gasteiger partial charge in [-0.25, -0.2) is 9.18 Å². The molecule has 0 spiro atoms. The highest BCUT2D eigenvalue weighted by atomic mass is 19.1. The summed E-state index contributed by atoms with van der Waals surface area (Å²) in [7, 11) is 0. The number of piperidine rings is 1. The molecule has 0 saturated carbocycles.